The van der Waals surface area contributed by atoms with Crippen molar-refractivity contribution in [3.63, 3.8) is 0 Å². The predicted octanol–water partition coefficient (Wildman–Crippen LogP) is 4.60. The lowest BCUT2D eigenvalue weighted by molar-refractivity contribution is -0.387. The molecule has 0 fully saturated rings. The summed E-state index contributed by atoms with van der Waals surface area (Å²) in [5.41, 5.74) is 2.51. The van der Waals surface area contributed by atoms with Crippen LogP contribution in [0.2, 0.25) is 0 Å². The van der Waals surface area contributed by atoms with Gasteiger partial charge in [0.25, 0.3) is 0 Å². The SMILES string of the molecule is O=[N+]([O-])c1ccc(NC2CCc3cc(Br)ccc32)cc1F. The summed E-state index contributed by atoms with van der Waals surface area (Å²) in [6, 6.07) is 10.1. The van der Waals surface area contributed by atoms with E-state index in [0.717, 1.165) is 17.3 Å². The summed E-state index contributed by atoms with van der Waals surface area (Å²) >= 11 is 3.45. The maximum atomic E-state index is 13.6. The van der Waals surface area contributed by atoms with Crippen molar-refractivity contribution >= 4 is 27.3 Å². The second-order valence-corrected chi connectivity index (χ2v) is 5.92. The molecule has 0 saturated carbocycles. The molecular weight excluding hydrogens is 339 g/mol. The summed E-state index contributed by atoms with van der Waals surface area (Å²) in [5.74, 6) is -0.820. The van der Waals surface area contributed by atoms with E-state index in [0.29, 0.717) is 5.69 Å². The topological polar surface area (TPSA) is 55.2 Å². The van der Waals surface area contributed by atoms with Gasteiger partial charge in [-0.3, -0.25) is 10.1 Å². The summed E-state index contributed by atoms with van der Waals surface area (Å²) in [4.78, 5) is 9.89. The molecule has 0 radical (unpaired) electrons. The third-order valence-corrected chi connectivity index (χ3v) is 4.16. The van der Waals surface area contributed by atoms with Gasteiger partial charge in [-0.25, -0.2) is 0 Å². The van der Waals surface area contributed by atoms with E-state index >= 15 is 0 Å². The van der Waals surface area contributed by atoms with E-state index in [9.17, 15) is 14.5 Å². The predicted molar refractivity (Wildman–Crippen MR) is 81.9 cm³/mol. The Kier molecular flexibility index (Phi) is 3.63. The van der Waals surface area contributed by atoms with Crippen molar-refractivity contribution in [1.29, 1.82) is 0 Å². The number of hydrogen-bond acceptors (Lipinski definition) is 3. The highest BCUT2D eigenvalue weighted by Gasteiger charge is 2.23. The molecule has 0 heterocycles. The van der Waals surface area contributed by atoms with Gasteiger partial charge < -0.3 is 5.32 Å². The van der Waals surface area contributed by atoms with Crippen LogP contribution >= 0.6 is 15.9 Å². The fraction of sp³-hybridized carbons (Fsp3) is 0.200. The Bertz CT molecular complexity index is 721. The van der Waals surface area contributed by atoms with Crippen LogP contribution < -0.4 is 5.32 Å². The minimum Gasteiger partial charge on any atom is -0.378 e. The molecule has 21 heavy (non-hydrogen) atoms. The number of aryl methyl sites for hydroxylation is 1. The average Bonchev–Trinajstić information content (AvgIpc) is 2.80. The normalized spacial score (nSPS) is 16.6. The first kappa shape index (κ1) is 14.0. The van der Waals surface area contributed by atoms with Crippen molar-refractivity contribution in [2.45, 2.75) is 18.9 Å². The van der Waals surface area contributed by atoms with Gasteiger partial charge in [0.1, 0.15) is 0 Å². The lowest BCUT2D eigenvalue weighted by Crippen LogP contribution is -2.07. The zero-order valence-corrected chi connectivity index (χ0v) is 12.6. The van der Waals surface area contributed by atoms with Gasteiger partial charge in [0.15, 0.2) is 0 Å². The molecule has 108 valence electrons. The molecule has 3 rings (SSSR count). The number of benzene rings is 2. The highest BCUT2D eigenvalue weighted by Crippen LogP contribution is 2.35. The molecule has 1 N–H and O–H groups in total. The standard InChI is InChI=1S/C15H12BrFN2O2/c16-10-2-4-12-9(7-10)1-5-14(12)18-11-3-6-15(19(20)21)13(17)8-11/h2-4,6-8,14,18H,1,5H2. The van der Waals surface area contributed by atoms with E-state index < -0.39 is 16.4 Å². The maximum absolute atomic E-state index is 13.6. The van der Waals surface area contributed by atoms with E-state index in [1.165, 1.54) is 29.3 Å². The number of nitro benzene ring substituents is 1. The van der Waals surface area contributed by atoms with Gasteiger partial charge >= 0.3 is 5.69 Å². The highest BCUT2D eigenvalue weighted by atomic mass is 79.9. The van der Waals surface area contributed by atoms with Crippen LogP contribution in [0.4, 0.5) is 15.8 Å². The van der Waals surface area contributed by atoms with Gasteiger partial charge in [-0.1, -0.05) is 22.0 Å². The van der Waals surface area contributed by atoms with Crippen molar-refractivity contribution < 1.29 is 9.31 Å². The Hall–Kier alpha value is -1.95. The molecule has 0 bridgehead atoms. The minimum atomic E-state index is -0.820. The summed E-state index contributed by atoms with van der Waals surface area (Å²) in [6.07, 6.45) is 1.88. The molecular formula is C15H12BrFN2O2. The molecule has 0 spiro atoms. The molecule has 2 aromatic rings. The van der Waals surface area contributed by atoms with E-state index in [-0.39, 0.29) is 6.04 Å². The molecule has 0 aromatic heterocycles. The van der Waals surface area contributed by atoms with Gasteiger partial charge in [-0.15, -0.1) is 0 Å². The highest BCUT2D eigenvalue weighted by molar-refractivity contribution is 9.10. The second-order valence-electron chi connectivity index (χ2n) is 5.00. The van der Waals surface area contributed by atoms with E-state index in [1.807, 2.05) is 12.1 Å². The number of nitrogens with zero attached hydrogens (tertiary/aromatic N) is 1. The number of nitro groups is 1. The van der Waals surface area contributed by atoms with Crippen LogP contribution in [-0.4, -0.2) is 4.92 Å². The maximum Gasteiger partial charge on any atom is 0.304 e. The van der Waals surface area contributed by atoms with Crippen LogP contribution in [0.5, 0.6) is 0 Å². The fourth-order valence-corrected chi connectivity index (χ4v) is 3.09. The third-order valence-electron chi connectivity index (χ3n) is 3.67. The van der Waals surface area contributed by atoms with E-state index in [2.05, 4.69) is 27.3 Å². The molecule has 2 aromatic carbocycles. The first-order chi connectivity index (χ1) is 10.0. The van der Waals surface area contributed by atoms with Crippen LogP contribution in [0.1, 0.15) is 23.6 Å². The summed E-state index contributed by atoms with van der Waals surface area (Å²) in [7, 11) is 0. The first-order valence-corrected chi connectivity index (χ1v) is 7.32. The van der Waals surface area contributed by atoms with Gasteiger partial charge in [-0.2, -0.15) is 4.39 Å². The van der Waals surface area contributed by atoms with Crippen LogP contribution in [0.15, 0.2) is 40.9 Å². The lowest BCUT2D eigenvalue weighted by atomic mass is 10.1. The van der Waals surface area contributed by atoms with Crippen molar-refractivity contribution in [3.05, 3.63) is 67.9 Å². The molecule has 6 heteroatoms. The smallest absolute Gasteiger partial charge is 0.304 e. The number of anilines is 1. The molecule has 1 aliphatic carbocycles. The minimum absolute atomic E-state index is 0.106. The average molecular weight is 351 g/mol. The molecule has 1 atom stereocenters. The Labute approximate surface area is 129 Å². The monoisotopic (exact) mass is 350 g/mol. The summed E-state index contributed by atoms with van der Waals surface area (Å²) in [5, 5.41) is 13.9. The zero-order chi connectivity index (χ0) is 15.0. The summed E-state index contributed by atoms with van der Waals surface area (Å²) in [6.45, 7) is 0. The van der Waals surface area contributed by atoms with Crippen molar-refractivity contribution in [2.75, 3.05) is 5.32 Å². The Morgan fingerprint density at radius 2 is 2.10 bits per heavy atom. The van der Waals surface area contributed by atoms with E-state index in [4.69, 9.17) is 0 Å². The molecule has 0 aliphatic heterocycles. The van der Waals surface area contributed by atoms with Crippen LogP contribution in [0.3, 0.4) is 0 Å². The van der Waals surface area contributed by atoms with Crippen molar-refractivity contribution in [2.24, 2.45) is 0 Å². The fourth-order valence-electron chi connectivity index (χ4n) is 2.68. The lowest BCUT2D eigenvalue weighted by Gasteiger charge is -2.15. The van der Waals surface area contributed by atoms with Crippen LogP contribution in [-0.2, 0) is 6.42 Å². The van der Waals surface area contributed by atoms with Crippen molar-refractivity contribution in [3.8, 4) is 0 Å². The Morgan fingerprint density at radius 3 is 2.81 bits per heavy atom. The number of nitrogens with one attached hydrogen (secondary N) is 1. The Balaban J connectivity index is 1.83. The largest absolute Gasteiger partial charge is 0.378 e. The molecule has 0 saturated heterocycles. The molecule has 4 nitrogen and oxygen atoms in total. The van der Waals surface area contributed by atoms with Gasteiger partial charge in [0.05, 0.1) is 11.0 Å². The third kappa shape index (κ3) is 2.76. The molecule has 1 unspecified atom stereocenters. The molecule has 0 amide bonds. The van der Waals surface area contributed by atoms with Crippen molar-refractivity contribution in [1.82, 2.24) is 0 Å². The quantitative estimate of drug-likeness (QED) is 0.650. The Morgan fingerprint density at radius 1 is 1.29 bits per heavy atom. The van der Waals surface area contributed by atoms with Crippen LogP contribution in [0, 0.1) is 15.9 Å². The van der Waals surface area contributed by atoms with Gasteiger partial charge in [-0.05, 0) is 42.2 Å². The number of rotatable bonds is 3. The first-order valence-electron chi connectivity index (χ1n) is 6.53. The second kappa shape index (κ2) is 5.44. The van der Waals surface area contributed by atoms with Crippen LogP contribution in [0.25, 0.3) is 0 Å². The van der Waals surface area contributed by atoms with Gasteiger partial charge in [0, 0.05) is 22.3 Å². The zero-order valence-electron chi connectivity index (χ0n) is 11.0. The summed E-state index contributed by atoms with van der Waals surface area (Å²) < 4.78 is 14.7. The number of hydrogen-bond donors (Lipinski definition) is 1. The van der Waals surface area contributed by atoms with Gasteiger partial charge in [0.2, 0.25) is 5.82 Å². The number of fused-ring (bicyclic) bond motifs is 1. The molecule has 1 aliphatic rings. The number of halogens is 2. The van der Waals surface area contributed by atoms with E-state index in [1.54, 1.807) is 0 Å².